The number of hydrogen-bond donors (Lipinski definition) is 5. The Morgan fingerprint density at radius 1 is 1.24 bits per heavy atom. The highest BCUT2D eigenvalue weighted by molar-refractivity contribution is 8.00. The van der Waals surface area contributed by atoms with Crippen molar-refractivity contribution in [1.82, 2.24) is 9.88 Å². The van der Waals surface area contributed by atoms with Crippen LogP contribution in [0.3, 0.4) is 0 Å². The summed E-state index contributed by atoms with van der Waals surface area (Å²) in [4.78, 5) is 45.8. The summed E-state index contributed by atoms with van der Waals surface area (Å²) in [7, 11) is 0. The molecule has 11 nitrogen and oxygen atoms in total. The van der Waals surface area contributed by atoms with Crippen molar-refractivity contribution < 1.29 is 34.1 Å². The van der Waals surface area contributed by atoms with E-state index < -0.39 is 35.2 Å². The van der Waals surface area contributed by atoms with Gasteiger partial charge >= 0.3 is 17.9 Å². The molecule has 6 N–H and O–H groups in total. The highest BCUT2D eigenvalue weighted by Crippen LogP contribution is 2.46. The summed E-state index contributed by atoms with van der Waals surface area (Å²) in [5.41, 5.74) is 5.18. The number of pyridine rings is 1. The number of nitrogens with two attached hydrogens (primary N) is 1. The number of nitrogens with one attached hydrogen (secondary N) is 1. The lowest BCUT2D eigenvalue weighted by molar-refractivity contribution is -0.139. The van der Waals surface area contributed by atoms with Gasteiger partial charge in [0.25, 0.3) is 0 Å². The Balaban J connectivity index is 0.000000277. The minimum absolute atomic E-state index is 0.0162. The third-order valence-electron chi connectivity index (χ3n) is 5.53. The van der Waals surface area contributed by atoms with Crippen LogP contribution in [0.25, 0.3) is 10.9 Å². The number of aromatic nitrogens is 1. The van der Waals surface area contributed by atoms with E-state index in [9.17, 15) is 28.7 Å². The van der Waals surface area contributed by atoms with Crippen molar-refractivity contribution >= 4 is 46.3 Å². The van der Waals surface area contributed by atoms with Crippen LogP contribution in [-0.2, 0) is 9.59 Å². The maximum absolute atomic E-state index is 14.6. The Hall–Kier alpha value is -3.16. The molecule has 0 bridgehead atoms. The number of nitrogens with zero attached hydrogens (tertiary/aromatic N) is 2. The molecule has 34 heavy (non-hydrogen) atoms. The van der Waals surface area contributed by atoms with Gasteiger partial charge in [-0.1, -0.05) is 11.8 Å². The van der Waals surface area contributed by atoms with Crippen molar-refractivity contribution in [3.05, 3.63) is 33.7 Å². The molecule has 0 amide bonds. The van der Waals surface area contributed by atoms with Gasteiger partial charge in [0.15, 0.2) is 0 Å². The maximum Gasteiger partial charge on any atom is 0.342 e. The van der Waals surface area contributed by atoms with Crippen LogP contribution in [0, 0.1) is 5.82 Å². The zero-order valence-electron chi connectivity index (χ0n) is 18.3. The number of carbonyl (C=O) groups is 3. The van der Waals surface area contributed by atoms with Gasteiger partial charge in [-0.3, -0.25) is 14.4 Å². The summed E-state index contributed by atoms with van der Waals surface area (Å²) in [5.74, 6) is -3.95. The number of benzene rings is 1. The summed E-state index contributed by atoms with van der Waals surface area (Å²) in [6, 6.07) is 1.81. The molecule has 1 aromatic carbocycles. The molecule has 2 aromatic rings. The van der Waals surface area contributed by atoms with Crippen LogP contribution in [0.4, 0.5) is 10.1 Å². The first-order valence-corrected chi connectivity index (χ1v) is 11.4. The van der Waals surface area contributed by atoms with Crippen molar-refractivity contribution in [2.24, 2.45) is 5.73 Å². The standard InChI is InChI=1S/C16H16FN3O3S.C5H9NO4/c1-8-20-11-7-12(19-4-2-18-3-5-19)10(17)6-9(11)14(21)13(16(22)23)15(20)24-8;6-3(5(9)10)1-2-4(7)8/h6-8,18H,2-5H2,1H3,(H,22,23);3H,1-2,6H2,(H,7,8)(H,9,10). The monoisotopic (exact) mass is 496 g/mol. The minimum Gasteiger partial charge on any atom is -0.481 e. The third kappa shape index (κ3) is 5.16. The third-order valence-corrected chi connectivity index (χ3v) is 6.71. The molecule has 3 heterocycles. The molecule has 2 aliphatic rings. The molecule has 2 unspecified atom stereocenters. The summed E-state index contributed by atoms with van der Waals surface area (Å²) in [6.45, 7) is 4.87. The molecule has 0 radical (unpaired) electrons. The molecule has 4 rings (SSSR count). The fraction of sp³-hybridized carbons (Fsp3) is 0.429. The minimum atomic E-state index is -1.27. The Morgan fingerprint density at radius 2 is 1.88 bits per heavy atom. The molecule has 1 aromatic heterocycles. The molecule has 0 saturated carbocycles. The van der Waals surface area contributed by atoms with Gasteiger partial charge in [0.2, 0.25) is 5.43 Å². The van der Waals surface area contributed by atoms with Gasteiger partial charge in [-0.25, -0.2) is 9.18 Å². The Kier molecular flexibility index (Phi) is 7.79. The number of halogens is 1. The van der Waals surface area contributed by atoms with E-state index in [1.165, 1.54) is 17.8 Å². The number of rotatable bonds is 6. The summed E-state index contributed by atoms with van der Waals surface area (Å²) in [5, 5.41) is 29.4. The number of aromatic carboxylic acids is 1. The molecule has 2 atom stereocenters. The molecule has 1 saturated heterocycles. The molecule has 0 spiro atoms. The molecule has 1 fully saturated rings. The SMILES string of the molecule is CC1Sc2c(C(=O)O)c(=O)c3cc(F)c(N4CCNCC4)cc3n21.NC(CCC(=O)O)C(=O)O. The first-order chi connectivity index (χ1) is 16.0. The molecular weight excluding hydrogens is 471 g/mol. The smallest absolute Gasteiger partial charge is 0.342 e. The fourth-order valence-electron chi connectivity index (χ4n) is 3.77. The lowest BCUT2D eigenvalue weighted by Gasteiger charge is -2.34. The van der Waals surface area contributed by atoms with Crippen LogP contribution in [-0.4, -0.2) is 70.0 Å². The van der Waals surface area contributed by atoms with E-state index in [0.29, 0.717) is 29.3 Å². The summed E-state index contributed by atoms with van der Waals surface area (Å²) in [6.07, 6.45) is -0.224. The van der Waals surface area contributed by atoms with Gasteiger partial charge < -0.3 is 35.8 Å². The number of aliphatic carboxylic acids is 2. The lowest BCUT2D eigenvalue weighted by atomic mass is 10.1. The second kappa shape index (κ2) is 10.4. The van der Waals surface area contributed by atoms with Gasteiger partial charge in [-0.2, -0.15) is 0 Å². The zero-order valence-corrected chi connectivity index (χ0v) is 19.1. The predicted octanol–water partition coefficient (Wildman–Crippen LogP) is 1.14. The van der Waals surface area contributed by atoms with Crippen molar-refractivity contribution in [2.45, 2.75) is 36.2 Å². The van der Waals surface area contributed by atoms with Crippen LogP contribution in [0.2, 0.25) is 0 Å². The largest absolute Gasteiger partial charge is 0.481 e. The normalized spacial score (nSPS) is 17.7. The number of fused-ring (bicyclic) bond motifs is 3. The molecule has 184 valence electrons. The number of thioether (sulfide) groups is 1. The van der Waals surface area contributed by atoms with Crippen molar-refractivity contribution in [3.8, 4) is 0 Å². The highest BCUT2D eigenvalue weighted by atomic mass is 32.2. The first kappa shape index (κ1) is 25.5. The van der Waals surface area contributed by atoms with E-state index in [4.69, 9.17) is 15.9 Å². The molecule has 13 heteroatoms. The Labute approximate surface area is 197 Å². The molecule has 0 aliphatic carbocycles. The Bertz CT molecular complexity index is 1200. The molecule has 2 aliphatic heterocycles. The number of anilines is 1. The van der Waals surface area contributed by atoms with E-state index in [2.05, 4.69) is 5.32 Å². The average molecular weight is 497 g/mol. The number of hydrogen-bond acceptors (Lipinski definition) is 8. The summed E-state index contributed by atoms with van der Waals surface area (Å²) >= 11 is 1.35. The van der Waals surface area contributed by atoms with Gasteiger partial charge in [0, 0.05) is 38.0 Å². The fourth-order valence-corrected chi connectivity index (χ4v) is 4.93. The van der Waals surface area contributed by atoms with Gasteiger partial charge in [-0.15, -0.1) is 0 Å². The van der Waals surface area contributed by atoms with Crippen molar-refractivity contribution in [1.29, 1.82) is 0 Å². The van der Waals surface area contributed by atoms with Gasteiger partial charge in [0.05, 0.1) is 21.6 Å². The second-order valence-electron chi connectivity index (χ2n) is 7.84. The van der Waals surface area contributed by atoms with Crippen molar-refractivity contribution in [2.75, 3.05) is 31.1 Å². The van der Waals surface area contributed by atoms with Crippen LogP contribution in [0.5, 0.6) is 0 Å². The van der Waals surface area contributed by atoms with Crippen LogP contribution >= 0.6 is 11.8 Å². The van der Waals surface area contributed by atoms with Crippen LogP contribution in [0.15, 0.2) is 22.0 Å². The molecular formula is C21H25FN4O7S. The topological polar surface area (TPSA) is 175 Å². The zero-order chi connectivity index (χ0) is 25.2. The average Bonchev–Trinajstić information content (AvgIpc) is 2.77. The number of carboxylic acid groups (broad SMARTS) is 3. The number of carboxylic acids is 3. The van der Waals surface area contributed by atoms with E-state index in [1.807, 2.05) is 16.4 Å². The summed E-state index contributed by atoms with van der Waals surface area (Å²) < 4.78 is 16.4. The highest BCUT2D eigenvalue weighted by Gasteiger charge is 2.33. The van der Waals surface area contributed by atoms with Crippen LogP contribution in [0.1, 0.15) is 35.5 Å². The number of piperazine rings is 1. The van der Waals surface area contributed by atoms with E-state index in [1.54, 1.807) is 6.07 Å². The van der Waals surface area contributed by atoms with E-state index in [-0.39, 0.29) is 29.2 Å². The quantitative estimate of drug-likeness (QED) is 0.388. The Morgan fingerprint density at radius 3 is 2.41 bits per heavy atom. The van der Waals surface area contributed by atoms with Crippen LogP contribution < -0.4 is 21.4 Å². The van der Waals surface area contributed by atoms with E-state index in [0.717, 1.165) is 13.1 Å². The van der Waals surface area contributed by atoms with Gasteiger partial charge in [0.1, 0.15) is 17.4 Å². The first-order valence-electron chi connectivity index (χ1n) is 10.5. The van der Waals surface area contributed by atoms with E-state index >= 15 is 0 Å². The van der Waals surface area contributed by atoms with Gasteiger partial charge in [-0.05, 0) is 25.5 Å². The predicted molar refractivity (Wildman–Crippen MR) is 123 cm³/mol. The second-order valence-corrected chi connectivity index (χ2v) is 9.14. The lowest BCUT2D eigenvalue weighted by Crippen LogP contribution is -2.44. The van der Waals surface area contributed by atoms with Crippen molar-refractivity contribution in [3.63, 3.8) is 0 Å². The maximum atomic E-state index is 14.6.